The van der Waals surface area contributed by atoms with Gasteiger partial charge in [0.1, 0.15) is 0 Å². The molecule has 224 valence electrons. The van der Waals surface area contributed by atoms with E-state index in [-0.39, 0.29) is 0 Å². The smallest absolute Gasteiger partial charge is 0.0794 e. The van der Waals surface area contributed by atoms with Crippen molar-refractivity contribution in [3.8, 4) is 0 Å². The van der Waals surface area contributed by atoms with Crippen LogP contribution in [0.25, 0.3) is 0 Å². The normalized spacial score (nSPS) is 12.5. The number of rotatable bonds is 30. The van der Waals surface area contributed by atoms with Gasteiger partial charge in [0.2, 0.25) is 0 Å². The van der Waals surface area contributed by atoms with Crippen molar-refractivity contribution in [2.75, 3.05) is 67.5 Å². The molecule has 0 aliphatic carbocycles. The van der Waals surface area contributed by atoms with E-state index in [4.69, 9.17) is 0 Å². The number of hydrogen-bond donors (Lipinski definition) is 1. The largest absolute Gasteiger partial charge is 0.328 e. The van der Waals surface area contributed by atoms with Gasteiger partial charge in [-0.05, 0) is 25.7 Å². The summed E-state index contributed by atoms with van der Waals surface area (Å²) in [4.78, 5) is 0. The van der Waals surface area contributed by atoms with E-state index in [2.05, 4.69) is 47.4 Å². The lowest BCUT2D eigenvalue weighted by atomic mass is 10.1. The second-order valence-corrected chi connectivity index (χ2v) is 13.6. The summed E-state index contributed by atoms with van der Waals surface area (Å²) in [7, 11) is 9.73. The van der Waals surface area contributed by atoms with Gasteiger partial charge < -0.3 is 14.3 Å². The fraction of sp³-hybridized carbons (Fsp3) is 1.00. The van der Waals surface area contributed by atoms with E-state index in [9.17, 15) is 0 Å². The van der Waals surface area contributed by atoms with Crippen LogP contribution in [0, 0.1) is 0 Å². The topological polar surface area (TPSA) is 12.0 Å². The van der Waals surface area contributed by atoms with Gasteiger partial charge in [-0.25, -0.2) is 0 Å². The van der Waals surface area contributed by atoms with Gasteiger partial charge in [0.05, 0.1) is 54.4 Å². The Morgan fingerprint density at radius 1 is 0.324 bits per heavy atom. The average molecular weight is 526 g/mol. The van der Waals surface area contributed by atoms with Gasteiger partial charge in [-0.3, -0.25) is 0 Å². The number of nitrogens with zero attached hydrogens (tertiary/aromatic N) is 2. The molecule has 1 N–H and O–H groups in total. The molecule has 0 radical (unpaired) electrons. The Balaban J connectivity index is 3.51. The van der Waals surface area contributed by atoms with E-state index in [0.29, 0.717) is 0 Å². The third-order valence-corrected chi connectivity index (χ3v) is 8.47. The summed E-state index contributed by atoms with van der Waals surface area (Å²) < 4.78 is 2.39. The van der Waals surface area contributed by atoms with E-state index >= 15 is 0 Å². The van der Waals surface area contributed by atoms with Crippen LogP contribution < -0.4 is 5.32 Å². The number of quaternary nitrogens is 2. The molecule has 0 heterocycles. The van der Waals surface area contributed by atoms with E-state index in [1.54, 1.807) is 0 Å². The summed E-state index contributed by atoms with van der Waals surface area (Å²) in [6.07, 6.45) is 31.4. The maximum atomic E-state index is 3.73. The lowest BCUT2D eigenvalue weighted by molar-refractivity contribution is -0.890. The standard InChI is InChI=1S/C34H75N3/c1-7-9-11-13-15-17-19-21-23-25-31-36(3,4)33-27-29-35-30-28-34-37(5,6)32-26-24-22-20-18-16-14-12-10-8-2/h35H,7-34H2,1-6H3/q+2. The molecular weight excluding hydrogens is 450 g/mol. The second-order valence-electron chi connectivity index (χ2n) is 13.6. The van der Waals surface area contributed by atoms with Crippen molar-refractivity contribution in [1.29, 1.82) is 0 Å². The molecule has 0 spiro atoms. The third kappa shape index (κ3) is 28.7. The molecule has 0 amide bonds. The fourth-order valence-corrected chi connectivity index (χ4v) is 5.67. The van der Waals surface area contributed by atoms with Gasteiger partial charge in [-0.2, -0.15) is 0 Å². The Kier molecular flexibility index (Phi) is 26.0. The maximum absolute atomic E-state index is 3.73. The monoisotopic (exact) mass is 526 g/mol. The lowest BCUT2D eigenvalue weighted by Gasteiger charge is -2.30. The number of unbranched alkanes of at least 4 members (excludes halogenated alkanes) is 18. The van der Waals surface area contributed by atoms with Crippen LogP contribution in [0.2, 0.25) is 0 Å². The van der Waals surface area contributed by atoms with E-state index in [0.717, 1.165) is 0 Å². The van der Waals surface area contributed by atoms with Crippen LogP contribution in [-0.4, -0.2) is 76.4 Å². The SMILES string of the molecule is CCCCCCCCCCCC[N+](C)(C)CCCNCCC[N+](C)(C)CCCCCCCCCCCC. The first kappa shape index (κ1) is 36.9. The van der Waals surface area contributed by atoms with Crippen LogP contribution in [-0.2, 0) is 0 Å². The van der Waals surface area contributed by atoms with Gasteiger partial charge in [-0.1, -0.05) is 117 Å². The summed E-state index contributed by atoms with van der Waals surface area (Å²) >= 11 is 0. The molecule has 0 saturated carbocycles. The molecule has 37 heavy (non-hydrogen) atoms. The Hall–Kier alpha value is -0.120. The van der Waals surface area contributed by atoms with Crippen molar-refractivity contribution in [2.24, 2.45) is 0 Å². The average Bonchev–Trinajstić information content (AvgIpc) is 2.85. The van der Waals surface area contributed by atoms with Gasteiger partial charge in [0.15, 0.2) is 0 Å². The Morgan fingerprint density at radius 3 is 0.865 bits per heavy atom. The summed E-state index contributed by atoms with van der Waals surface area (Å²) in [5.74, 6) is 0. The summed E-state index contributed by atoms with van der Waals surface area (Å²) in [5.41, 5.74) is 0. The van der Waals surface area contributed by atoms with Crippen LogP contribution in [0.1, 0.15) is 155 Å². The van der Waals surface area contributed by atoms with Gasteiger partial charge in [0, 0.05) is 25.9 Å². The van der Waals surface area contributed by atoms with Crippen molar-refractivity contribution in [3.05, 3.63) is 0 Å². The summed E-state index contributed by atoms with van der Waals surface area (Å²) in [6.45, 7) is 12.3. The minimum absolute atomic E-state index is 1.19. The second kappa shape index (κ2) is 26.1. The van der Waals surface area contributed by atoms with Crippen LogP contribution in [0.3, 0.4) is 0 Å². The van der Waals surface area contributed by atoms with Crippen molar-refractivity contribution >= 4 is 0 Å². The molecule has 0 aromatic carbocycles. The van der Waals surface area contributed by atoms with Crippen LogP contribution in [0.4, 0.5) is 0 Å². The van der Waals surface area contributed by atoms with Crippen molar-refractivity contribution in [3.63, 3.8) is 0 Å². The molecule has 0 bridgehead atoms. The zero-order chi connectivity index (χ0) is 27.5. The minimum Gasteiger partial charge on any atom is -0.328 e. The highest BCUT2D eigenvalue weighted by Gasteiger charge is 2.15. The predicted molar refractivity (Wildman–Crippen MR) is 169 cm³/mol. The zero-order valence-electron chi connectivity index (χ0n) is 27.2. The van der Waals surface area contributed by atoms with Gasteiger partial charge >= 0.3 is 0 Å². The summed E-state index contributed by atoms with van der Waals surface area (Å²) in [5, 5.41) is 3.73. The molecule has 0 aliphatic heterocycles. The molecule has 3 heteroatoms. The Bertz CT molecular complexity index is 406. The van der Waals surface area contributed by atoms with Crippen molar-refractivity contribution in [1.82, 2.24) is 5.32 Å². The van der Waals surface area contributed by atoms with Crippen LogP contribution in [0.5, 0.6) is 0 Å². The van der Waals surface area contributed by atoms with Gasteiger partial charge in [-0.15, -0.1) is 0 Å². The number of hydrogen-bond acceptors (Lipinski definition) is 1. The highest BCUT2D eigenvalue weighted by atomic mass is 15.3. The van der Waals surface area contributed by atoms with Crippen LogP contribution >= 0.6 is 0 Å². The summed E-state index contributed by atoms with van der Waals surface area (Å²) in [6, 6.07) is 0. The molecule has 0 aliphatic rings. The lowest BCUT2D eigenvalue weighted by Crippen LogP contribution is -2.43. The third-order valence-electron chi connectivity index (χ3n) is 8.47. The molecule has 0 fully saturated rings. The molecule has 0 saturated heterocycles. The quantitative estimate of drug-likeness (QED) is 0.0727. The minimum atomic E-state index is 1.19. The van der Waals surface area contributed by atoms with Crippen molar-refractivity contribution in [2.45, 2.75) is 155 Å². The van der Waals surface area contributed by atoms with Gasteiger partial charge in [0.25, 0.3) is 0 Å². The number of nitrogens with one attached hydrogen (secondary N) is 1. The molecule has 0 aromatic rings. The van der Waals surface area contributed by atoms with Crippen molar-refractivity contribution < 1.29 is 8.97 Å². The Morgan fingerprint density at radius 2 is 0.568 bits per heavy atom. The first-order chi connectivity index (χ1) is 17.8. The molecule has 0 aromatic heterocycles. The molecular formula is C34H75N3+2. The maximum Gasteiger partial charge on any atom is 0.0794 e. The van der Waals surface area contributed by atoms with E-state index < -0.39 is 0 Å². The zero-order valence-corrected chi connectivity index (χ0v) is 27.2. The Labute approximate surface area is 236 Å². The van der Waals surface area contributed by atoms with E-state index in [1.165, 1.54) is 189 Å². The fourth-order valence-electron chi connectivity index (χ4n) is 5.67. The highest BCUT2D eigenvalue weighted by molar-refractivity contribution is 4.52. The van der Waals surface area contributed by atoms with E-state index in [1.807, 2.05) is 0 Å². The molecule has 3 nitrogen and oxygen atoms in total. The first-order valence-corrected chi connectivity index (χ1v) is 17.2. The molecule has 0 atom stereocenters. The molecule has 0 unspecified atom stereocenters. The van der Waals surface area contributed by atoms with Crippen LogP contribution in [0.15, 0.2) is 0 Å². The first-order valence-electron chi connectivity index (χ1n) is 17.2. The predicted octanol–water partition coefficient (Wildman–Crippen LogP) is 9.35. The molecule has 0 rings (SSSR count). The highest BCUT2D eigenvalue weighted by Crippen LogP contribution is 2.13.